The number of aliphatic hydroxyl groups is 2. The highest BCUT2D eigenvalue weighted by atomic mass is 35.5. The third-order valence-electron chi connectivity index (χ3n) is 3.81. The van der Waals surface area contributed by atoms with Gasteiger partial charge in [-0.2, -0.15) is 0 Å². The number of nitrogens with zero attached hydrogens (tertiary/aromatic N) is 3. The van der Waals surface area contributed by atoms with E-state index < -0.39 is 17.5 Å². The summed E-state index contributed by atoms with van der Waals surface area (Å²) in [5.74, 6) is 0.344. The summed E-state index contributed by atoms with van der Waals surface area (Å²) in [7, 11) is 0. The van der Waals surface area contributed by atoms with Crippen LogP contribution in [0.3, 0.4) is 0 Å². The quantitative estimate of drug-likeness (QED) is 0.348. The van der Waals surface area contributed by atoms with Crippen LogP contribution < -0.4 is 16.8 Å². The first-order valence-corrected chi connectivity index (χ1v) is 5.55. The zero-order valence-corrected chi connectivity index (χ0v) is 11.9. The molecule has 0 aromatic rings. The largest absolute Gasteiger partial charge is 0.370 e. The van der Waals surface area contributed by atoms with Crippen LogP contribution in [-0.2, 0) is 0 Å². The number of hydrogen-bond acceptors (Lipinski definition) is 8. The maximum Gasteiger partial charge on any atom is 0.214 e. The van der Waals surface area contributed by atoms with Gasteiger partial charge in [0.2, 0.25) is 5.72 Å². The van der Waals surface area contributed by atoms with E-state index in [2.05, 4.69) is 15.3 Å². The van der Waals surface area contributed by atoms with Crippen LogP contribution >= 0.6 is 24.8 Å². The molecule has 3 aliphatic heterocycles. The molecule has 1 fully saturated rings. The SMILES string of the molecule is C[C@@H]1N=C(N)N2CC[C@@]3(O)NC(N)=N[C@@H]1[C@@]23O.Cl.Cl. The Balaban J connectivity index is 0.000000902. The number of nitrogens with one attached hydrogen (secondary N) is 1. The van der Waals surface area contributed by atoms with E-state index in [1.54, 1.807) is 6.92 Å². The van der Waals surface area contributed by atoms with Gasteiger partial charge in [-0.1, -0.05) is 0 Å². The van der Waals surface area contributed by atoms with Gasteiger partial charge in [0.1, 0.15) is 6.04 Å². The number of nitrogens with two attached hydrogens (primary N) is 2. The summed E-state index contributed by atoms with van der Waals surface area (Å²) < 4.78 is 0. The van der Waals surface area contributed by atoms with Gasteiger partial charge in [-0.15, -0.1) is 24.8 Å². The van der Waals surface area contributed by atoms with E-state index in [4.69, 9.17) is 11.5 Å². The van der Waals surface area contributed by atoms with Crippen LogP contribution in [0.25, 0.3) is 0 Å². The van der Waals surface area contributed by atoms with Crippen molar-refractivity contribution in [1.29, 1.82) is 0 Å². The standard InChI is InChI=1S/C9H16N6O2.2ClH/c1-4-5-9(17)8(16,14-6(10)13-5)2-3-15(9)7(11)12-4;;/h4-5,16-17H,2-3H2,1H3,(H2,11,12)(H3,10,13,14);2*1H/t4-,5-,8-,9-;;/m0../s1. The Morgan fingerprint density at radius 3 is 2.58 bits per heavy atom. The Kier molecular flexibility index (Phi) is 3.85. The van der Waals surface area contributed by atoms with Crippen molar-refractivity contribution in [2.24, 2.45) is 21.5 Å². The van der Waals surface area contributed by atoms with Gasteiger partial charge < -0.3 is 31.9 Å². The van der Waals surface area contributed by atoms with Crippen molar-refractivity contribution in [2.45, 2.75) is 36.9 Å². The van der Waals surface area contributed by atoms with Crippen molar-refractivity contribution < 1.29 is 10.2 Å². The molecular weight excluding hydrogens is 295 g/mol. The lowest BCUT2D eigenvalue weighted by Crippen LogP contribution is -2.78. The van der Waals surface area contributed by atoms with E-state index >= 15 is 0 Å². The fraction of sp³-hybridized carbons (Fsp3) is 0.778. The molecule has 0 spiro atoms. The van der Waals surface area contributed by atoms with Crippen LogP contribution in [0.15, 0.2) is 9.98 Å². The summed E-state index contributed by atoms with van der Waals surface area (Å²) in [6.07, 6.45) is 0.305. The molecule has 0 bridgehead atoms. The minimum absolute atomic E-state index is 0. The summed E-state index contributed by atoms with van der Waals surface area (Å²) in [6.45, 7) is 2.19. The van der Waals surface area contributed by atoms with Crippen LogP contribution in [-0.4, -0.2) is 57.1 Å². The lowest BCUT2D eigenvalue weighted by molar-refractivity contribution is -0.207. The van der Waals surface area contributed by atoms with Gasteiger partial charge in [0.25, 0.3) is 0 Å². The second kappa shape index (κ2) is 4.55. The van der Waals surface area contributed by atoms with Crippen molar-refractivity contribution in [1.82, 2.24) is 10.2 Å². The third-order valence-corrected chi connectivity index (χ3v) is 3.81. The molecule has 3 aliphatic rings. The van der Waals surface area contributed by atoms with Crippen LogP contribution in [0.5, 0.6) is 0 Å². The molecule has 0 radical (unpaired) electrons. The minimum Gasteiger partial charge on any atom is -0.370 e. The second-order valence-corrected chi connectivity index (χ2v) is 4.80. The lowest BCUT2D eigenvalue weighted by atomic mass is 9.86. The highest BCUT2D eigenvalue weighted by Gasteiger charge is 2.68. The normalized spacial score (nSPS) is 43.0. The molecule has 0 aromatic carbocycles. The molecule has 4 atom stereocenters. The molecule has 3 rings (SSSR count). The number of guanidine groups is 2. The lowest BCUT2D eigenvalue weighted by Gasteiger charge is -2.51. The van der Waals surface area contributed by atoms with E-state index in [-0.39, 0.29) is 42.8 Å². The Labute approximate surface area is 122 Å². The average molecular weight is 313 g/mol. The summed E-state index contributed by atoms with van der Waals surface area (Å²) in [6, 6.07) is -0.954. The molecular formula is C9H18Cl2N6O2. The number of halogens is 2. The average Bonchev–Trinajstić information content (AvgIpc) is 2.48. The van der Waals surface area contributed by atoms with Gasteiger partial charge in [-0.25, -0.2) is 9.98 Å². The van der Waals surface area contributed by atoms with Gasteiger partial charge in [0.15, 0.2) is 17.6 Å². The van der Waals surface area contributed by atoms with E-state index in [1.165, 1.54) is 4.90 Å². The monoisotopic (exact) mass is 312 g/mol. The zero-order valence-electron chi connectivity index (χ0n) is 10.3. The molecule has 0 saturated carbocycles. The summed E-state index contributed by atoms with van der Waals surface area (Å²) >= 11 is 0. The first kappa shape index (κ1) is 16.1. The first-order chi connectivity index (χ1) is 7.88. The molecule has 7 N–H and O–H groups in total. The van der Waals surface area contributed by atoms with Gasteiger partial charge in [0, 0.05) is 13.0 Å². The summed E-state index contributed by atoms with van der Waals surface area (Å²) in [5.41, 5.74) is 8.31. The zero-order chi connectivity index (χ0) is 12.4. The maximum atomic E-state index is 10.8. The van der Waals surface area contributed by atoms with Crippen molar-refractivity contribution in [3.63, 3.8) is 0 Å². The molecule has 10 heteroatoms. The molecule has 0 unspecified atom stereocenters. The van der Waals surface area contributed by atoms with E-state index in [9.17, 15) is 10.2 Å². The van der Waals surface area contributed by atoms with Crippen molar-refractivity contribution in [3.05, 3.63) is 0 Å². The molecule has 0 aromatic heterocycles. The van der Waals surface area contributed by atoms with Crippen LogP contribution in [0.2, 0.25) is 0 Å². The van der Waals surface area contributed by atoms with Gasteiger partial charge in [0.05, 0.1) is 6.04 Å². The van der Waals surface area contributed by atoms with E-state index in [1.807, 2.05) is 0 Å². The Hall–Kier alpha value is -0.960. The maximum absolute atomic E-state index is 10.8. The number of aliphatic imine (C=N–C) groups is 2. The smallest absolute Gasteiger partial charge is 0.214 e. The molecule has 0 aliphatic carbocycles. The Morgan fingerprint density at radius 2 is 1.95 bits per heavy atom. The molecule has 8 nitrogen and oxygen atoms in total. The number of hydrogen-bond donors (Lipinski definition) is 5. The first-order valence-electron chi connectivity index (χ1n) is 5.55. The highest BCUT2D eigenvalue weighted by molar-refractivity contribution is 5.86. The van der Waals surface area contributed by atoms with Gasteiger partial charge in [-0.05, 0) is 6.92 Å². The van der Waals surface area contributed by atoms with Crippen molar-refractivity contribution in [3.8, 4) is 0 Å². The predicted octanol–water partition coefficient (Wildman–Crippen LogP) is -2.08. The Bertz CT molecular complexity index is 446. The van der Waals surface area contributed by atoms with Gasteiger partial charge >= 0.3 is 0 Å². The van der Waals surface area contributed by atoms with Crippen LogP contribution in [0.1, 0.15) is 13.3 Å². The molecule has 3 heterocycles. The topological polar surface area (TPSA) is 132 Å². The summed E-state index contributed by atoms with van der Waals surface area (Å²) in [5, 5.41) is 24.0. The fourth-order valence-corrected chi connectivity index (χ4v) is 2.98. The summed E-state index contributed by atoms with van der Waals surface area (Å²) in [4.78, 5) is 9.85. The predicted molar refractivity (Wildman–Crippen MR) is 75.3 cm³/mol. The van der Waals surface area contributed by atoms with E-state index in [0.717, 1.165) is 0 Å². The third kappa shape index (κ3) is 1.74. The molecule has 19 heavy (non-hydrogen) atoms. The minimum atomic E-state index is -1.58. The van der Waals surface area contributed by atoms with E-state index in [0.29, 0.717) is 13.0 Å². The van der Waals surface area contributed by atoms with Crippen LogP contribution in [0.4, 0.5) is 0 Å². The number of rotatable bonds is 0. The van der Waals surface area contributed by atoms with Crippen LogP contribution in [0, 0.1) is 0 Å². The molecule has 0 amide bonds. The van der Waals surface area contributed by atoms with Gasteiger partial charge in [-0.3, -0.25) is 0 Å². The Morgan fingerprint density at radius 1 is 1.32 bits per heavy atom. The molecule has 1 saturated heterocycles. The molecule has 110 valence electrons. The van der Waals surface area contributed by atoms with Crippen molar-refractivity contribution >= 4 is 36.7 Å². The fourth-order valence-electron chi connectivity index (χ4n) is 2.98. The van der Waals surface area contributed by atoms with Crippen molar-refractivity contribution in [2.75, 3.05) is 6.54 Å². The highest BCUT2D eigenvalue weighted by Crippen LogP contribution is 2.43. The second-order valence-electron chi connectivity index (χ2n) is 4.80.